The third-order valence-electron chi connectivity index (χ3n) is 4.12. The van der Waals surface area contributed by atoms with Gasteiger partial charge in [-0.1, -0.05) is 6.07 Å². The van der Waals surface area contributed by atoms with E-state index >= 15 is 0 Å². The van der Waals surface area contributed by atoms with Crippen molar-refractivity contribution in [2.45, 2.75) is 12.3 Å². The van der Waals surface area contributed by atoms with E-state index in [1.165, 1.54) is 0 Å². The predicted octanol–water partition coefficient (Wildman–Crippen LogP) is 3.01. The van der Waals surface area contributed by atoms with E-state index in [1.54, 1.807) is 28.4 Å². The van der Waals surface area contributed by atoms with Gasteiger partial charge in [0.05, 0.1) is 28.4 Å². The van der Waals surface area contributed by atoms with Gasteiger partial charge in [0.15, 0.2) is 0 Å². The second-order valence-electron chi connectivity index (χ2n) is 5.42. The van der Waals surface area contributed by atoms with Crippen molar-refractivity contribution in [1.29, 1.82) is 0 Å². The summed E-state index contributed by atoms with van der Waals surface area (Å²) in [5.41, 5.74) is 8.15. The molecule has 0 aliphatic heterocycles. The maximum Gasteiger partial charge on any atom is 0.125 e. The largest absolute Gasteiger partial charge is 0.497 e. The highest BCUT2D eigenvalue weighted by Crippen LogP contribution is 2.35. The van der Waals surface area contributed by atoms with Crippen molar-refractivity contribution < 1.29 is 18.9 Å². The summed E-state index contributed by atoms with van der Waals surface area (Å²) in [5.74, 6) is 3.22. The molecule has 24 heavy (non-hydrogen) atoms. The molecule has 1 unspecified atom stereocenters. The quantitative estimate of drug-likeness (QED) is 0.805. The predicted molar refractivity (Wildman–Crippen MR) is 94.6 cm³/mol. The Bertz CT molecular complexity index is 672. The zero-order valence-corrected chi connectivity index (χ0v) is 14.7. The standard InChI is InChI=1S/C19H25NO4/c1-21-15-7-8-18(23-3)17(10-15)14(12-20)9-13-5-6-16(22-2)11-19(13)24-4/h5-8,10-11,14H,9,12,20H2,1-4H3. The Balaban J connectivity index is 2.36. The van der Waals surface area contributed by atoms with Crippen LogP contribution in [0, 0.1) is 0 Å². The zero-order chi connectivity index (χ0) is 17.5. The molecule has 0 aromatic heterocycles. The van der Waals surface area contributed by atoms with Crippen molar-refractivity contribution in [2.75, 3.05) is 35.0 Å². The van der Waals surface area contributed by atoms with Crippen molar-refractivity contribution in [3.8, 4) is 23.0 Å². The first kappa shape index (κ1) is 17.9. The van der Waals surface area contributed by atoms with Gasteiger partial charge >= 0.3 is 0 Å². The van der Waals surface area contributed by atoms with E-state index in [0.717, 1.165) is 40.5 Å². The normalized spacial score (nSPS) is 11.7. The third kappa shape index (κ3) is 3.92. The van der Waals surface area contributed by atoms with Crippen LogP contribution in [-0.4, -0.2) is 35.0 Å². The molecule has 2 aromatic carbocycles. The van der Waals surface area contributed by atoms with Gasteiger partial charge in [0.25, 0.3) is 0 Å². The molecule has 2 rings (SSSR count). The minimum atomic E-state index is 0.0809. The average molecular weight is 331 g/mol. The van der Waals surface area contributed by atoms with E-state index in [1.807, 2.05) is 36.4 Å². The van der Waals surface area contributed by atoms with Crippen LogP contribution < -0.4 is 24.7 Å². The van der Waals surface area contributed by atoms with E-state index in [4.69, 9.17) is 24.7 Å². The summed E-state index contributed by atoms with van der Waals surface area (Å²) in [5, 5.41) is 0. The minimum absolute atomic E-state index is 0.0809. The van der Waals surface area contributed by atoms with Crippen molar-refractivity contribution in [2.24, 2.45) is 5.73 Å². The van der Waals surface area contributed by atoms with Gasteiger partial charge in [-0.25, -0.2) is 0 Å². The van der Waals surface area contributed by atoms with Crippen LogP contribution in [0.1, 0.15) is 17.0 Å². The van der Waals surface area contributed by atoms with Crippen molar-refractivity contribution in [3.05, 3.63) is 47.5 Å². The van der Waals surface area contributed by atoms with Crippen LogP contribution in [-0.2, 0) is 6.42 Å². The molecule has 0 aliphatic rings. The maximum atomic E-state index is 6.05. The molecular formula is C19H25NO4. The van der Waals surface area contributed by atoms with E-state index in [-0.39, 0.29) is 5.92 Å². The molecule has 0 amide bonds. The molecule has 0 bridgehead atoms. The maximum absolute atomic E-state index is 6.05. The van der Waals surface area contributed by atoms with Gasteiger partial charge < -0.3 is 24.7 Å². The van der Waals surface area contributed by atoms with Crippen LogP contribution in [0.25, 0.3) is 0 Å². The van der Waals surface area contributed by atoms with Gasteiger partial charge in [0.1, 0.15) is 23.0 Å². The lowest BCUT2D eigenvalue weighted by Crippen LogP contribution is -2.16. The highest BCUT2D eigenvalue weighted by Gasteiger charge is 2.19. The number of hydrogen-bond donors (Lipinski definition) is 1. The van der Waals surface area contributed by atoms with Crippen LogP contribution in [0.2, 0.25) is 0 Å². The van der Waals surface area contributed by atoms with Crippen molar-refractivity contribution in [1.82, 2.24) is 0 Å². The van der Waals surface area contributed by atoms with Crippen LogP contribution in [0.15, 0.2) is 36.4 Å². The van der Waals surface area contributed by atoms with Gasteiger partial charge in [-0.15, -0.1) is 0 Å². The Morgan fingerprint density at radius 1 is 0.792 bits per heavy atom. The summed E-state index contributed by atoms with van der Waals surface area (Å²) in [4.78, 5) is 0. The molecule has 0 fully saturated rings. The van der Waals surface area contributed by atoms with E-state index in [9.17, 15) is 0 Å². The lowest BCUT2D eigenvalue weighted by atomic mass is 9.90. The second kappa shape index (κ2) is 8.45. The summed E-state index contributed by atoms with van der Waals surface area (Å²) in [6.45, 7) is 0.485. The third-order valence-corrected chi connectivity index (χ3v) is 4.12. The van der Waals surface area contributed by atoms with E-state index in [2.05, 4.69) is 0 Å². The molecule has 0 saturated carbocycles. The van der Waals surface area contributed by atoms with Crippen LogP contribution in [0.5, 0.6) is 23.0 Å². The minimum Gasteiger partial charge on any atom is -0.497 e. The first-order valence-corrected chi connectivity index (χ1v) is 7.79. The molecule has 0 aliphatic carbocycles. The molecule has 0 saturated heterocycles. The van der Waals surface area contributed by atoms with Gasteiger partial charge in [0.2, 0.25) is 0 Å². The lowest BCUT2D eigenvalue weighted by Gasteiger charge is -2.20. The lowest BCUT2D eigenvalue weighted by molar-refractivity contribution is 0.387. The van der Waals surface area contributed by atoms with Crippen LogP contribution in [0.3, 0.4) is 0 Å². The Morgan fingerprint density at radius 3 is 2.00 bits per heavy atom. The first-order valence-electron chi connectivity index (χ1n) is 7.79. The van der Waals surface area contributed by atoms with Gasteiger partial charge in [-0.2, -0.15) is 0 Å². The Labute approximate surface area is 143 Å². The fourth-order valence-electron chi connectivity index (χ4n) is 2.76. The molecule has 0 spiro atoms. The molecule has 5 heteroatoms. The second-order valence-corrected chi connectivity index (χ2v) is 5.42. The summed E-state index contributed by atoms with van der Waals surface area (Å²) >= 11 is 0. The number of rotatable bonds is 8. The highest BCUT2D eigenvalue weighted by atomic mass is 16.5. The van der Waals surface area contributed by atoms with Gasteiger partial charge in [0, 0.05) is 17.5 Å². The molecule has 130 valence electrons. The molecule has 1 atom stereocenters. The molecule has 2 aromatic rings. The number of benzene rings is 2. The van der Waals surface area contributed by atoms with Gasteiger partial charge in [-0.3, -0.25) is 0 Å². The first-order chi connectivity index (χ1) is 11.7. The van der Waals surface area contributed by atoms with Crippen molar-refractivity contribution in [3.63, 3.8) is 0 Å². The van der Waals surface area contributed by atoms with Crippen molar-refractivity contribution >= 4 is 0 Å². The zero-order valence-electron chi connectivity index (χ0n) is 14.7. The smallest absolute Gasteiger partial charge is 0.125 e. The number of hydrogen-bond acceptors (Lipinski definition) is 5. The number of methoxy groups -OCH3 is 4. The monoisotopic (exact) mass is 331 g/mol. The highest BCUT2D eigenvalue weighted by molar-refractivity contribution is 5.46. The Hall–Kier alpha value is -2.40. The molecule has 0 heterocycles. The van der Waals surface area contributed by atoms with Gasteiger partial charge in [-0.05, 0) is 42.8 Å². The summed E-state index contributed by atoms with van der Waals surface area (Å²) in [6, 6.07) is 11.6. The fourth-order valence-corrected chi connectivity index (χ4v) is 2.76. The summed E-state index contributed by atoms with van der Waals surface area (Å²) < 4.78 is 21.6. The Morgan fingerprint density at radius 2 is 1.42 bits per heavy atom. The van der Waals surface area contributed by atoms with E-state index < -0.39 is 0 Å². The van der Waals surface area contributed by atoms with Crippen LogP contribution in [0.4, 0.5) is 0 Å². The fraction of sp³-hybridized carbons (Fsp3) is 0.368. The average Bonchev–Trinajstić information content (AvgIpc) is 2.65. The van der Waals surface area contributed by atoms with E-state index in [0.29, 0.717) is 6.54 Å². The molecule has 0 radical (unpaired) electrons. The Kier molecular flexibility index (Phi) is 6.32. The number of nitrogens with two attached hydrogens (primary N) is 1. The molecule has 5 nitrogen and oxygen atoms in total. The molecule has 2 N–H and O–H groups in total. The SMILES string of the molecule is COc1ccc(CC(CN)c2cc(OC)ccc2OC)c(OC)c1. The molecular weight excluding hydrogens is 306 g/mol. The summed E-state index contributed by atoms with van der Waals surface area (Å²) in [7, 11) is 6.60. The number of ether oxygens (including phenoxy) is 4. The van der Waals surface area contributed by atoms with Crippen LogP contribution >= 0.6 is 0 Å². The summed E-state index contributed by atoms with van der Waals surface area (Å²) in [6.07, 6.45) is 0.729. The topological polar surface area (TPSA) is 62.9 Å².